The molecular weight excluding hydrogens is 238 g/mol. The van der Waals surface area contributed by atoms with Crippen molar-refractivity contribution in [1.82, 2.24) is 0 Å². The van der Waals surface area contributed by atoms with Gasteiger partial charge in [0.1, 0.15) is 11.5 Å². The van der Waals surface area contributed by atoms with E-state index in [0.717, 1.165) is 42.7 Å². The molecule has 2 aliphatic carbocycles. The van der Waals surface area contributed by atoms with Gasteiger partial charge >= 0.3 is 0 Å². The average molecular weight is 261 g/mol. The molecule has 104 valence electrons. The van der Waals surface area contributed by atoms with Crippen LogP contribution in [0, 0.1) is 0 Å². The van der Waals surface area contributed by atoms with Crippen LogP contribution in [0.2, 0.25) is 0 Å². The third-order valence-corrected chi connectivity index (χ3v) is 4.77. The first kappa shape index (κ1) is 12.8. The van der Waals surface area contributed by atoms with Crippen molar-refractivity contribution in [3.8, 4) is 11.5 Å². The molecule has 3 rings (SSSR count). The summed E-state index contributed by atoms with van der Waals surface area (Å²) in [6, 6.07) is 2.13. The second-order valence-electron chi connectivity index (χ2n) is 5.83. The molecule has 19 heavy (non-hydrogen) atoms. The zero-order chi connectivity index (χ0) is 13.5. The van der Waals surface area contributed by atoms with Crippen LogP contribution in [0.15, 0.2) is 6.07 Å². The monoisotopic (exact) mass is 261 g/mol. The summed E-state index contributed by atoms with van der Waals surface area (Å²) >= 11 is 0. The minimum atomic E-state index is -0.203. The van der Waals surface area contributed by atoms with E-state index in [1.54, 1.807) is 14.2 Å². The molecule has 0 aromatic heterocycles. The largest absolute Gasteiger partial charge is 0.496 e. The van der Waals surface area contributed by atoms with Gasteiger partial charge in [-0.1, -0.05) is 0 Å². The van der Waals surface area contributed by atoms with Crippen molar-refractivity contribution in [3.63, 3.8) is 0 Å². The molecular formula is C16H23NO2. The van der Waals surface area contributed by atoms with Crippen LogP contribution in [0.5, 0.6) is 11.5 Å². The summed E-state index contributed by atoms with van der Waals surface area (Å²) in [5.41, 5.74) is 10.1. The first-order chi connectivity index (χ1) is 9.19. The average Bonchev–Trinajstić information content (AvgIpc) is 2.42. The normalized spacial score (nSPS) is 20.4. The minimum Gasteiger partial charge on any atom is -0.496 e. The Bertz CT molecular complexity index is 492. The summed E-state index contributed by atoms with van der Waals surface area (Å²) in [5.74, 6) is 2.03. The Hall–Kier alpha value is -1.22. The molecule has 0 aliphatic heterocycles. The number of hydrogen-bond donors (Lipinski definition) is 1. The Morgan fingerprint density at radius 3 is 2.21 bits per heavy atom. The van der Waals surface area contributed by atoms with E-state index >= 15 is 0 Å². The molecule has 1 aromatic carbocycles. The van der Waals surface area contributed by atoms with Crippen molar-refractivity contribution in [1.29, 1.82) is 0 Å². The summed E-state index contributed by atoms with van der Waals surface area (Å²) in [4.78, 5) is 0. The predicted molar refractivity (Wildman–Crippen MR) is 75.9 cm³/mol. The Morgan fingerprint density at radius 2 is 1.68 bits per heavy atom. The van der Waals surface area contributed by atoms with Gasteiger partial charge in [0.05, 0.1) is 14.2 Å². The van der Waals surface area contributed by atoms with E-state index in [0.29, 0.717) is 0 Å². The van der Waals surface area contributed by atoms with Gasteiger partial charge in [0.2, 0.25) is 0 Å². The van der Waals surface area contributed by atoms with Crippen LogP contribution in [0.25, 0.3) is 0 Å². The maximum absolute atomic E-state index is 6.52. The molecule has 0 unspecified atom stereocenters. The lowest BCUT2D eigenvalue weighted by atomic mass is 9.71. The minimum absolute atomic E-state index is 0.203. The van der Waals surface area contributed by atoms with Crippen LogP contribution in [-0.2, 0) is 18.4 Å². The fourth-order valence-electron chi connectivity index (χ4n) is 3.49. The number of rotatable bonds is 3. The Balaban J connectivity index is 2.18. The van der Waals surface area contributed by atoms with E-state index < -0.39 is 0 Å². The lowest BCUT2D eigenvalue weighted by molar-refractivity contribution is 0.241. The fourth-order valence-corrected chi connectivity index (χ4v) is 3.49. The van der Waals surface area contributed by atoms with Crippen molar-refractivity contribution in [2.24, 2.45) is 5.73 Å². The molecule has 0 saturated heterocycles. The SMILES string of the molecule is COc1cc(C2(N)CCC2)c(OC)c2c1CCCC2. The maximum atomic E-state index is 6.52. The van der Waals surface area contributed by atoms with E-state index in [1.165, 1.54) is 30.4 Å². The summed E-state index contributed by atoms with van der Waals surface area (Å²) in [7, 11) is 3.52. The van der Waals surface area contributed by atoms with Gasteiger partial charge in [-0.05, 0) is 51.0 Å². The van der Waals surface area contributed by atoms with Crippen molar-refractivity contribution in [3.05, 3.63) is 22.8 Å². The number of fused-ring (bicyclic) bond motifs is 1. The molecule has 1 fully saturated rings. The third kappa shape index (κ3) is 1.91. The van der Waals surface area contributed by atoms with Gasteiger partial charge in [-0.15, -0.1) is 0 Å². The molecule has 0 radical (unpaired) electrons. The zero-order valence-corrected chi connectivity index (χ0v) is 11.9. The van der Waals surface area contributed by atoms with Crippen LogP contribution < -0.4 is 15.2 Å². The van der Waals surface area contributed by atoms with Crippen molar-refractivity contribution < 1.29 is 9.47 Å². The highest BCUT2D eigenvalue weighted by Crippen LogP contribution is 2.48. The molecule has 2 N–H and O–H groups in total. The van der Waals surface area contributed by atoms with Gasteiger partial charge in [-0.25, -0.2) is 0 Å². The van der Waals surface area contributed by atoms with Crippen LogP contribution in [0.3, 0.4) is 0 Å². The number of methoxy groups -OCH3 is 2. The van der Waals surface area contributed by atoms with Gasteiger partial charge in [0, 0.05) is 22.2 Å². The van der Waals surface area contributed by atoms with E-state index in [2.05, 4.69) is 6.07 Å². The summed E-state index contributed by atoms with van der Waals surface area (Å²) < 4.78 is 11.3. The standard InChI is InChI=1S/C16H23NO2/c1-18-14-10-13(16(17)8-5-9-16)15(19-2)12-7-4-3-6-11(12)14/h10H,3-9,17H2,1-2H3. The molecule has 3 nitrogen and oxygen atoms in total. The lowest BCUT2D eigenvalue weighted by Crippen LogP contribution is -2.43. The van der Waals surface area contributed by atoms with E-state index in [9.17, 15) is 0 Å². The van der Waals surface area contributed by atoms with Crippen molar-refractivity contribution >= 4 is 0 Å². The first-order valence-corrected chi connectivity index (χ1v) is 7.25. The summed E-state index contributed by atoms with van der Waals surface area (Å²) in [6.45, 7) is 0. The molecule has 3 heteroatoms. The van der Waals surface area contributed by atoms with Crippen LogP contribution >= 0.6 is 0 Å². The highest BCUT2D eigenvalue weighted by atomic mass is 16.5. The predicted octanol–water partition coefficient (Wildman–Crippen LogP) is 2.92. The number of nitrogens with two attached hydrogens (primary N) is 1. The Kier molecular flexibility index (Phi) is 3.17. The quantitative estimate of drug-likeness (QED) is 0.910. The third-order valence-electron chi connectivity index (χ3n) is 4.77. The second kappa shape index (κ2) is 4.71. The van der Waals surface area contributed by atoms with Crippen LogP contribution in [0.4, 0.5) is 0 Å². The topological polar surface area (TPSA) is 44.5 Å². The number of ether oxygens (including phenoxy) is 2. The van der Waals surface area contributed by atoms with Crippen LogP contribution in [-0.4, -0.2) is 14.2 Å². The number of benzene rings is 1. The zero-order valence-electron chi connectivity index (χ0n) is 11.9. The van der Waals surface area contributed by atoms with Gasteiger partial charge in [-0.3, -0.25) is 0 Å². The molecule has 2 aliphatic rings. The van der Waals surface area contributed by atoms with E-state index in [-0.39, 0.29) is 5.54 Å². The van der Waals surface area contributed by atoms with E-state index in [4.69, 9.17) is 15.2 Å². The van der Waals surface area contributed by atoms with Gasteiger partial charge in [0.25, 0.3) is 0 Å². The highest BCUT2D eigenvalue weighted by Gasteiger charge is 2.39. The van der Waals surface area contributed by atoms with Gasteiger partial charge in [-0.2, -0.15) is 0 Å². The molecule has 1 aromatic rings. The Morgan fingerprint density at radius 1 is 1.00 bits per heavy atom. The second-order valence-corrected chi connectivity index (χ2v) is 5.83. The number of hydrogen-bond acceptors (Lipinski definition) is 3. The molecule has 0 bridgehead atoms. The van der Waals surface area contributed by atoms with E-state index in [1.807, 2.05) is 0 Å². The lowest BCUT2D eigenvalue weighted by Gasteiger charge is -2.40. The first-order valence-electron chi connectivity index (χ1n) is 7.25. The van der Waals surface area contributed by atoms with Crippen molar-refractivity contribution in [2.45, 2.75) is 50.5 Å². The smallest absolute Gasteiger partial charge is 0.127 e. The molecule has 1 saturated carbocycles. The molecule has 0 heterocycles. The summed E-state index contributed by atoms with van der Waals surface area (Å²) in [5, 5.41) is 0. The maximum Gasteiger partial charge on any atom is 0.127 e. The molecule has 0 atom stereocenters. The van der Waals surface area contributed by atoms with Gasteiger partial charge < -0.3 is 15.2 Å². The summed E-state index contributed by atoms with van der Waals surface area (Å²) in [6.07, 6.45) is 7.94. The van der Waals surface area contributed by atoms with Gasteiger partial charge in [0.15, 0.2) is 0 Å². The molecule has 0 spiro atoms. The fraction of sp³-hybridized carbons (Fsp3) is 0.625. The highest BCUT2D eigenvalue weighted by molar-refractivity contribution is 5.57. The van der Waals surface area contributed by atoms with Crippen molar-refractivity contribution in [2.75, 3.05) is 14.2 Å². The molecule has 0 amide bonds. The Labute approximate surface area is 115 Å². The van der Waals surface area contributed by atoms with Crippen LogP contribution in [0.1, 0.15) is 48.8 Å².